The lowest BCUT2D eigenvalue weighted by atomic mass is 10.1. The first kappa shape index (κ1) is 45.9. The van der Waals surface area contributed by atoms with Crippen LogP contribution in [0.4, 0.5) is 17.3 Å². The molecule has 18 nitrogen and oxygen atoms in total. The molecule has 64 heavy (non-hydrogen) atoms. The van der Waals surface area contributed by atoms with E-state index in [-0.39, 0.29) is 39.7 Å². The predicted molar refractivity (Wildman–Crippen MR) is 241 cm³/mol. The third-order valence-corrected chi connectivity index (χ3v) is 9.73. The molecule has 0 unspecified atom stereocenters. The van der Waals surface area contributed by atoms with Crippen molar-refractivity contribution in [2.75, 3.05) is 50.1 Å². The quantitative estimate of drug-likeness (QED) is 0.0803. The molecule has 1 aliphatic rings. The number of fused-ring (bicyclic) bond motifs is 1. The topological polar surface area (TPSA) is 272 Å². The molecule has 0 radical (unpaired) electrons. The van der Waals surface area contributed by atoms with Crippen molar-refractivity contribution >= 4 is 44.3 Å². The summed E-state index contributed by atoms with van der Waals surface area (Å²) < 4.78 is 31.2. The van der Waals surface area contributed by atoms with Crippen molar-refractivity contribution < 1.29 is 47.7 Å². The largest absolute Gasteiger partial charge is 0.508 e. The minimum atomic E-state index is -3.67. The van der Waals surface area contributed by atoms with E-state index in [2.05, 4.69) is 42.4 Å². The van der Waals surface area contributed by atoms with Gasteiger partial charge in [-0.3, -0.25) is 24.0 Å². The number of carbonyl (C=O) groups is 1. The number of piperazine rings is 1. The fraction of sp³-hybridized carbons (Fsp3) is 0.178. The maximum absolute atomic E-state index is 12.9. The lowest BCUT2D eigenvalue weighted by Gasteiger charge is -2.32. The van der Waals surface area contributed by atoms with Gasteiger partial charge in [0.15, 0.2) is 5.76 Å². The molecule has 1 saturated heterocycles. The van der Waals surface area contributed by atoms with Crippen LogP contribution >= 0.6 is 0 Å². The van der Waals surface area contributed by atoms with Crippen LogP contribution in [0.3, 0.4) is 0 Å². The van der Waals surface area contributed by atoms with Gasteiger partial charge in [0.05, 0.1) is 17.5 Å². The fourth-order valence-corrected chi connectivity index (χ4v) is 6.45. The molecule has 8 N–H and O–H groups in total. The molecule has 8 rings (SSSR count). The first-order valence-corrected chi connectivity index (χ1v) is 21.4. The summed E-state index contributed by atoms with van der Waals surface area (Å²) in [5.41, 5.74) is 4.97. The van der Waals surface area contributed by atoms with Gasteiger partial charge in [-0.2, -0.15) is 8.42 Å². The summed E-state index contributed by atoms with van der Waals surface area (Å²) in [7, 11) is -1.51. The molecule has 0 spiro atoms. The van der Waals surface area contributed by atoms with E-state index in [1.54, 1.807) is 18.6 Å². The number of nitrogens with one attached hydrogen (secondary N) is 2. The van der Waals surface area contributed by atoms with Gasteiger partial charge in [0, 0.05) is 92.0 Å². The van der Waals surface area contributed by atoms with Crippen LogP contribution < -0.4 is 16.1 Å². The van der Waals surface area contributed by atoms with Crippen molar-refractivity contribution in [3.05, 3.63) is 136 Å². The normalized spacial score (nSPS) is 12.9. The lowest BCUT2D eigenvalue weighted by Crippen LogP contribution is -2.43. The summed E-state index contributed by atoms with van der Waals surface area (Å²) in [5.74, 6) is -2.32. The molecule has 3 aromatic heterocycles. The molecule has 1 amide bonds. The van der Waals surface area contributed by atoms with Crippen molar-refractivity contribution in [2.45, 2.75) is 13.5 Å². The highest BCUT2D eigenvalue weighted by molar-refractivity contribution is 7.85. The van der Waals surface area contributed by atoms with Gasteiger partial charge in [0.25, 0.3) is 16.0 Å². The Hall–Kier alpha value is -7.58. The van der Waals surface area contributed by atoms with Gasteiger partial charge < -0.3 is 45.5 Å². The van der Waals surface area contributed by atoms with E-state index < -0.39 is 32.8 Å². The van der Waals surface area contributed by atoms with Gasteiger partial charge in [0.2, 0.25) is 17.1 Å². The Bertz CT molecular complexity index is 2940. The van der Waals surface area contributed by atoms with Crippen LogP contribution in [0.5, 0.6) is 28.7 Å². The number of anilines is 3. The highest BCUT2D eigenvalue weighted by Gasteiger charge is 2.21. The smallest absolute Gasteiger partial charge is 0.261 e. The predicted octanol–water partition coefficient (Wildman–Crippen LogP) is 6.08. The van der Waals surface area contributed by atoms with Gasteiger partial charge in [-0.15, -0.1) is 0 Å². The maximum atomic E-state index is 12.9. The fourth-order valence-electron chi connectivity index (χ4n) is 6.45. The molecule has 19 heteroatoms. The second-order valence-corrected chi connectivity index (χ2v) is 16.2. The monoisotopic (exact) mass is 891 g/mol. The van der Waals surface area contributed by atoms with E-state index in [0.29, 0.717) is 23.5 Å². The Kier molecular flexibility index (Phi) is 14.4. The zero-order chi connectivity index (χ0) is 46.1. The zero-order valence-corrected chi connectivity index (χ0v) is 35.6. The van der Waals surface area contributed by atoms with Crippen molar-refractivity contribution in [1.82, 2.24) is 24.8 Å². The van der Waals surface area contributed by atoms with Crippen molar-refractivity contribution in [3.8, 4) is 51.3 Å². The van der Waals surface area contributed by atoms with E-state index in [9.17, 15) is 43.5 Å². The molecule has 4 aromatic carbocycles. The third-order valence-electron chi connectivity index (χ3n) is 9.73. The van der Waals surface area contributed by atoms with Gasteiger partial charge in [0.1, 0.15) is 34.0 Å². The van der Waals surface area contributed by atoms with Gasteiger partial charge in [-0.1, -0.05) is 18.2 Å². The number of phenolic OH excluding ortho intramolecular Hbond substituents is 4. The molecule has 0 bridgehead atoms. The number of aromatic nitrogens is 3. The van der Waals surface area contributed by atoms with E-state index in [1.807, 2.05) is 67.6 Å². The van der Waals surface area contributed by atoms with Crippen LogP contribution in [0.25, 0.3) is 33.6 Å². The number of nitrogens with zero attached hydrogens (tertiary/aromatic N) is 5. The van der Waals surface area contributed by atoms with Crippen LogP contribution in [0.1, 0.15) is 21.5 Å². The number of hydrogen-bond acceptors (Lipinski definition) is 16. The lowest BCUT2D eigenvalue weighted by molar-refractivity contribution is 0.102. The summed E-state index contributed by atoms with van der Waals surface area (Å²) in [6.07, 6.45) is 5.93. The minimum absolute atomic E-state index is 0.0304. The number of amides is 1. The molecular formula is C45H45N7O11S. The highest BCUT2D eigenvalue weighted by Crippen LogP contribution is 2.39. The summed E-state index contributed by atoms with van der Waals surface area (Å²) in [6.45, 7) is 7.24. The second-order valence-electron chi connectivity index (χ2n) is 14.8. The van der Waals surface area contributed by atoms with Crippen LogP contribution in [-0.2, 0) is 16.7 Å². The first-order valence-electron chi connectivity index (χ1n) is 19.5. The Morgan fingerprint density at radius 2 is 1.55 bits per heavy atom. The number of rotatable bonds is 8. The standard InChI is InChI=1S/C29H31N7O.C15H10O7.CH4O3S/c1-21-5-10-25(18-27(21)34-29-31-13-11-26(33-29)24-4-3-12-30-19-24)32-28(37)23-8-6-22(7-9-23)20-36-16-14-35(2)15-17-36;16-6-1-2-8(9(18)3-6)15-14(21)13(20)12-10(19)4-7(17)5-11(12)22-15;1-5(2,3)4/h3-13,18-19H,14-17,20H2,1-2H3,(H,32,37)(H,31,33,34);1-5,16-19,21H;1H3,(H,2,3,4). The van der Waals surface area contributed by atoms with E-state index >= 15 is 0 Å². The first-order chi connectivity index (χ1) is 30.4. The van der Waals surface area contributed by atoms with E-state index in [0.717, 1.165) is 73.4 Å². The summed E-state index contributed by atoms with van der Waals surface area (Å²) in [4.78, 5) is 43.0. The number of aromatic hydroxyl groups is 5. The molecule has 7 aromatic rings. The maximum Gasteiger partial charge on any atom is 0.261 e. The van der Waals surface area contributed by atoms with Crippen LogP contribution in [0.15, 0.2) is 119 Å². The Labute approximate surface area is 367 Å². The summed E-state index contributed by atoms with van der Waals surface area (Å²) in [6, 6.07) is 24.8. The number of pyridine rings is 1. The molecule has 1 fully saturated rings. The molecule has 332 valence electrons. The molecule has 0 saturated carbocycles. The van der Waals surface area contributed by atoms with Gasteiger partial charge in [-0.05, 0) is 79.7 Å². The van der Waals surface area contributed by atoms with Crippen LogP contribution in [0, 0.1) is 6.92 Å². The van der Waals surface area contributed by atoms with E-state index in [4.69, 9.17) is 8.97 Å². The van der Waals surface area contributed by atoms with Gasteiger partial charge in [-0.25, -0.2) is 9.97 Å². The Balaban J connectivity index is 0.000000213. The van der Waals surface area contributed by atoms with Gasteiger partial charge >= 0.3 is 0 Å². The number of phenols is 4. The van der Waals surface area contributed by atoms with Crippen molar-refractivity contribution in [1.29, 1.82) is 0 Å². The van der Waals surface area contributed by atoms with Crippen LogP contribution in [-0.4, -0.2) is 109 Å². The van der Waals surface area contributed by atoms with E-state index in [1.165, 1.54) is 17.7 Å². The molecule has 1 aliphatic heterocycles. The molecule has 4 heterocycles. The van der Waals surface area contributed by atoms with Crippen molar-refractivity contribution in [2.24, 2.45) is 0 Å². The summed E-state index contributed by atoms with van der Waals surface area (Å²) >= 11 is 0. The third kappa shape index (κ3) is 12.3. The molecule has 0 aliphatic carbocycles. The minimum Gasteiger partial charge on any atom is -0.508 e. The van der Waals surface area contributed by atoms with Crippen LogP contribution in [0.2, 0.25) is 0 Å². The van der Waals surface area contributed by atoms with Crippen molar-refractivity contribution in [3.63, 3.8) is 0 Å². The summed E-state index contributed by atoms with van der Waals surface area (Å²) in [5, 5.41) is 54.2. The SMILES string of the molecule is CS(=O)(=O)O.Cc1ccc(NC(=O)c2ccc(CN3CCN(C)CC3)cc2)cc1Nc1nccc(-c2cccnc2)n1.O=c1c(O)c(-c2ccc(O)cc2O)oc2cc(O)cc(O)c12. The molecule has 0 atom stereocenters. The number of hydrogen-bond donors (Lipinski definition) is 8. The average Bonchev–Trinajstić information content (AvgIpc) is 3.24. The molecular weight excluding hydrogens is 847 g/mol. The number of aryl methyl sites for hydroxylation is 1. The Morgan fingerprint density at radius 3 is 2.22 bits per heavy atom. The number of benzene rings is 4. The second kappa shape index (κ2) is 20.1. The number of carbonyl (C=O) groups excluding carboxylic acids is 1. The number of likely N-dealkylation sites (N-methyl/N-ethyl adjacent to an activating group) is 1. The Morgan fingerprint density at radius 1 is 0.844 bits per heavy atom. The highest BCUT2D eigenvalue weighted by atomic mass is 32.2. The average molecular weight is 892 g/mol. The zero-order valence-electron chi connectivity index (χ0n) is 34.8.